The molecule has 0 aliphatic rings. The van der Waals surface area contributed by atoms with Crippen LogP contribution in [0.4, 0.5) is 5.69 Å². The lowest BCUT2D eigenvalue weighted by molar-refractivity contribution is 0.365. The van der Waals surface area contributed by atoms with E-state index in [1.807, 2.05) is 31.3 Å². The second kappa shape index (κ2) is 6.40. The van der Waals surface area contributed by atoms with E-state index in [1.54, 1.807) is 0 Å². The fourth-order valence-electron chi connectivity index (χ4n) is 2.02. The third kappa shape index (κ3) is 3.56. The number of anilines is 1. The van der Waals surface area contributed by atoms with Crippen LogP contribution < -0.4 is 5.32 Å². The van der Waals surface area contributed by atoms with E-state index in [2.05, 4.69) is 31.2 Å². The molecule has 0 aliphatic carbocycles. The standard InChI is InChI=1S/C14H23N3/c1-5-11(10-17(3)4)14(15)12-8-6-7-9-13(12)16-2/h6-9,11,15-16H,5,10H2,1-4H3/t11-/m0/s1. The molecule has 0 spiro atoms. The van der Waals surface area contributed by atoms with Gasteiger partial charge in [-0.1, -0.05) is 25.1 Å². The summed E-state index contributed by atoms with van der Waals surface area (Å²) in [6.07, 6.45) is 0.995. The van der Waals surface area contributed by atoms with Crippen LogP contribution >= 0.6 is 0 Å². The highest BCUT2D eigenvalue weighted by atomic mass is 15.1. The van der Waals surface area contributed by atoms with Gasteiger partial charge in [-0.3, -0.25) is 0 Å². The number of hydrogen-bond donors (Lipinski definition) is 2. The number of nitrogens with one attached hydrogen (secondary N) is 2. The fraction of sp³-hybridized carbons (Fsp3) is 0.500. The molecule has 0 radical (unpaired) electrons. The van der Waals surface area contributed by atoms with Crippen molar-refractivity contribution in [3.8, 4) is 0 Å². The van der Waals surface area contributed by atoms with Crippen molar-refractivity contribution < 1.29 is 0 Å². The van der Waals surface area contributed by atoms with E-state index in [0.29, 0.717) is 5.92 Å². The van der Waals surface area contributed by atoms with Gasteiger partial charge >= 0.3 is 0 Å². The summed E-state index contributed by atoms with van der Waals surface area (Å²) in [6.45, 7) is 3.07. The van der Waals surface area contributed by atoms with Gasteiger partial charge in [0.15, 0.2) is 0 Å². The molecule has 0 saturated heterocycles. The highest BCUT2D eigenvalue weighted by Crippen LogP contribution is 2.20. The molecule has 0 aliphatic heterocycles. The molecule has 0 amide bonds. The molecule has 0 fully saturated rings. The minimum atomic E-state index is 0.291. The lowest BCUT2D eigenvalue weighted by atomic mass is 9.93. The van der Waals surface area contributed by atoms with Crippen LogP contribution in [0, 0.1) is 11.3 Å². The van der Waals surface area contributed by atoms with Gasteiger partial charge in [-0.15, -0.1) is 0 Å². The van der Waals surface area contributed by atoms with Crippen molar-refractivity contribution in [1.82, 2.24) is 4.90 Å². The summed E-state index contributed by atoms with van der Waals surface area (Å²) in [4.78, 5) is 2.14. The van der Waals surface area contributed by atoms with E-state index in [4.69, 9.17) is 5.41 Å². The van der Waals surface area contributed by atoms with Crippen molar-refractivity contribution in [3.63, 3.8) is 0 Å². The lowest BCUT2D eigenvalue weighted by Gasteiger charge is -2.22. The molecule has 1 aromatic rings. The molecule has 1 aromatic carbocycles. The summed E-state index contributed by atoms with van der Waals surface area (Å²) in [5.74, 6) is 0.291. The van der Waals surface area contributed by atoms with Crippen LogP contribution in [0.2, 0.25) is 0 Å². The monoisotopic (exact) mass is 233 g/mol. The van der Waals surface area contributed by atoms with Crippen LogP contribution in [0.3, 0.4) is 0 Å². The molecule has 0 aromatic heterocycles. The highest BCUT2D eigenvalue weighted by molar-refractivity contribution is 6.04. The first-order chi connectivity index (χ1) is 8.10. The van der Waals surface area contributed by atoms with Crippen LogP contribution in [0.25, 0.3) is 0 Å². The van der Waals surface area contributed by atoms with Crippen molar-refractivity contribution in [3.05, 3.63) is 29.8 Å². The molecule has 0 unspecified atom stereocenters. The Hall–Kier alpha value is -1.35. The van der Waals surface area contributed by atoms with Crippen molar-refractivity contribution in [2.24, 2.45) is 5.92 Å². The predicted molar refractivity (Wildman–Crippen MR) is 75.2 cm³/mol. The van der Waals surface area contributed by atoms with Gasteiger partial charge in [0.25, 0.3) is 0 Å². The van der Waals surface area contributed by atoms with Gasteiger partial charge in [0, 0.05) is 36.5 Å². The first kappa shape index (κ1) is 13.7. The summed E-state index contributed by atoms with van der Waals surface area (Å²) < 4.78 is 0. The predicted octanol–water partition coefficient (Wildman–Crippen LogP) is 2.68. The fourth-order valence-corrected chi connectivity index (χ4v) is 2.02. The highest BCUT2D eigenvalue weighted by Gasteiger charge is 2.17. The Morgan fingerprint density at radius 1 is 1.35 bits per heavy atom. The Morgan fingerprint density at radius 3 is 2.53 bits per heavy atom. The molecule has 1 rings (SSSR count). The molecular formula is C14H23N3. The van der Waals surface area contributed by atoms with Crippen molar-refractivity contribution in [2.75, 3.05) is 33.0 Å². The number of hydrogen-bond acceptors (Lipinski definition) is 3. The Morgan fingerprint density at radius 2 is 2.00 bits per heavy atom. The SMILES string of the molecule is CC[C@@H](CN(C)C)C(=N)c1ccccc1NC. The van der Waals surface area contributed by atoms with E-state index in [9.17, 15) is 0 Å². The summed E-state index contributed by atoms with van der Waals surface area (Å²) in [5.41, 5.74) is 2.78. The van der Waals surface area contributed by atoms with Gasteiger partial charge in [-0.2, -0.15) is 0 Å². The zero-order valence-corrected chi connectivity index (χ0v) is 11.2. The van der Waals surface area contributed by atoms with E-state index in [1.165, 1.54) is 0 Å². The molecular weight excluding hydrogens is 210 g/mol. The molecule has 3 heteroatoms. The number of para-hydroxylation sites is 1. The van der Waals surface area contributed by atoms with Gasteiger partial charge in [0.1, 0.15) is 0 Å². The van der Waals surface area contributed by atoms with Gasteiger partial charge < -0.3 is 15.6 Å². The Kier molecular flexibility index (Phi) is 5.16. The third-order valence-corrected chi connectivity index (χ3v) is 2.97. The quantitative estimate of drug-likeness (QED) is 0.741. The molecule has 3 nitrogen and oxygen atoms in total. The van der Waals surface area contributed by atoms with E-state index >= 15 is 0 Å². The average Bonchev–Trinajstić information content (AvgIpc) is 2.34. The topological polar surface area (TPSA) is 39.1 Å². The Labute approximate surface area is 104 Å². The second-order valence-electron chi connectivity index (χ2n) is 4.58. The third-order valence-electron chi connectivity index (χ3n) is 2.97. The number of nitrogens with zero attached hydrogens (tertiary/aromatic N) is 1. The molecule has 2 N–H and O–H groups in total. The Bertz CT molecular complexity index is 371. The maximum atomic E-state index is 8.36. The van der Waals surface area contributed by atoms with Crippen LogP contribution in [-0.4, -0.2) is 38.3 Å². The zero-order valence-electron chi connectivity index (χ0n) is 11.2. The smallest absolute Gasteiger partial charge is 0.0450 e. The van der Waals surface area contributed by atoms with Crippen LogP contribution in [0.15, 0.2) is 24.3 Å². The molecule has 0 heterocycles. The first-order valence-corrected chi connectivity index (χ1v) is 6.10. The molecule has 0 saturated carbocycles. The minimum Gasteiger partial charge on any atom is -0.388 e. The van der Waals surface area contributed by atoms with Crippen LogP contribution in [-0.2, 0) is 0 Å². The maximum absolute atomic E-state index is 8.36. The lowest BCUT2D eigenvalue weighted by Crippen LogP contribution is -2.28. The van der Waals surface area contributed by atoms with Gasteiger partial charge in [0.2, 0.25) is 0 Å². The largest absolute Gasteiger partial charge is 0.388 e. The van der Waals surface area contributed by atoms with Gasteiger partial charge in [0.05, 0.1) is 0 Å². The second-order valence-corrected chi connectivity index (χ2v) is 4.58. The minimum absolute atomic E-state index is 0.291. The zero-order chi connectivity index (χ0) is 12.8. The van der Waals surface area contributed by atoms with Gasteiger partial charge in [-0.25, -0.2) is 0 Å². The molecule has 0 bridgehead atoms. The molecule has 94 valence electrons. The maximum Gasteiger partial charge on any atom is 0.0450 e. The summed E-state index contributed by atoms with van der Waals surface area (Å²) in [5, 5.41) is 11.5. The van der Waals surface area contributed by atoms with Gasteiger partial charge in [-0.05, 0) is 26.6 Å². The summed E-state index contributed by atoms with van der Waals surface area (Å²) in [6, 6.07) is 8.03. The van der Waals surface area contributed by atoms with Crippen LogP contribution in [0.1, 0.15) is 18.9 Å². The first-order valence-electron chi connectivity index (χ1n) is 6.10. The van der Waals surface area contributed by atoms with Crippen molar-refractivity contribution in [1.29, 1.82) is 5.41 Å². The van der Waals surface area contributed by atoms with Crippen LogP contribution in [0.5, 0.6) is 0 Å². The molecule has 17 heavy (non-hydrogen) atoms. The van der Waals surface area contributed by atoms with Crippen molar-refractivity contribution in [2.45, 2.75) is 13.3 Å². The summed E-state index contributed by atoms with van der Waals surface area (Å²) >= 11 is 0. The summed E-state index contributed by atoms with van der Waals surface area (Å²) in [7, 11) is 6.01. The number of benzene rings is 1. The normalized spacial score (nSPS) is 12.5. The van der Waals surface area contributed by atoms with Crippen molar-refractivity contribution >= 4 is 11.4 Å². The average molecular weight is 233 g/mol. The van der Waals surface area contributed by atoms with E-state index in [0.717, 1.165) is 29.9 Å². The van der Waals surface area contributed by atoms with E-state index < -0.39 is 0 Å². The van der Waals surface area contributed by atoms with E-state index in [-0.39, 0.29) is 0 Å². The molecule has 1 atom stereocenters. The Balaban J connectivity index is 2.93. The number of rotatable bonds is 6.